The first kappa shape index (κ1) is 24.5. The average Bonchev–Trinajstić information content (AvgIpc) is 3.29. The summed E-state index contributed by atoms with van der Waals surface area (Å²) in [6.45, 7) is 4.70. The van der Waals surface area contributed by atoms with Crippen LogP contribution in [0.5, 0.6) is 11.5 Å². The molecule has 0 radical (unpaired) electrons. The number of aliphatic imine (C=N–C) groups is 1. The monoisotopic (exact) mass is 535 g/mol. The molecule has 0 amide bonds. The number of nitrogens with one attached hydrogen (secondary N) is 2. The van der Waals surface area contributed by atoms with Gasteiger partial charge in [-0.25, -0.2) is 4.99 Å². The van der Waals surface area contributed by atoms with Gasteiger partial charge in [0.2, 0.25) is 0 Å². The molecule has 0 atom stereocenters. The van der Waals surface area contributed by atoms with E-state index in [1.165, 1.54) is 11.1 Å². The molecule has 3 aromatic rings. The van der Waals surface area contributed by atoms with Crippen molar-refractivity contribution in [3.05, 3.63) is 77.6 Å². The molecule has 0 saturated carbocycles. The van der Waals surface area contributed by atoms with Crippen molar-refractivity contribution in [1.82, 2.24) is 20.4 Å². The lowest BCUT2D eigenvalue weighted by molar-refractivity contribution is 0.352. The molecule has 7 nitrogen and oxygen atoms in total. The third kappa shape index (κ3) is 6.88. The number of methoxy groups -OCH3 is 2. The van der Waals surface area contributed by atoms with Crippen LogP contribution in [-0.2, 0) is 19.6 Å². The third-order valence-corrected chi connectivity index (χ3v) is 4.69. The van der Waals surface area contributed by atoms with Crippen molar-refractivity contribution < 1.29 is 9.47 Å². The maximum Gasteiger partial charge on any atom is 0.191 e. The van der Waals surface area contributed by atoms with Crippen LogP contribution in [0.15, 0.2) is 65.9 Å². The van der Waals surface area contributed by atoms with Gasteiger partial charge in [0.1, 0.15) is 0 Å². The summed E-state index contributed by atoms with van der Waals surface area (Å²) in [6.07, 6.45) is 3.76. The van der Waals surface area contributed by atoms with Crippen LogP contribution in [0.4, 0.5) is 0 Å². The van der Waals surface area contributed by atoms with Gasteiger partial charge in [0.15, 0.2) is 17.5 Å². The van der Waals surface area contributed by atoms with Crippen LogP contribution in [-0.4, -0.2) is 36.5 Å². The number of benzene rings is 2. The molecule has 1 heterocycles. The van der Waals surface area contributed by atoms with Gasteiger partial charge < -0.3 is 20.1 Å². The van der Waals surface area contributed by atoms with Crippen LogP contribution < -0.4 is 20.1 Å². The lowest BCUT2D eigenvalue weighted by atomic mass is 10.1. The van der Waals surface area contributed by atoms with Crippen molar-refractivity contribution in [2.75, 3.05) is 20.8 Å². The van der Waals surface area contributed by atoms with E-state index in [9.17, 15) is 0 Å². The summed E-state index contributed by atoms with van der Waals surface area (Å²) >= 11 is 0. The summed E-state index contributed by atoms with van der Waals surface area (Å²) < 4.78 is 12.8. The van der Waals surface area contributed by atoms with Gasteiger partial charge in [-0.15, -0.1) is 24.0 Å². The van der Waals surface area contributed by atoms with E-state index in [1.807, 2.05) is 35.1 Å². The highest BCUT2D eigenvalue weighted by atomic mass is 127. The van der Waals surface area contributed by atoms with E-state index in [1.54, 1.807) is 20.4 Å². The Balaban J connectivity index is 0.00000341. The predicted molar refractivity (Wildman–Crippen MR) is 134 cm³/mol. The minimum absolute atomic E-state index is 0. The third-order valence-electron chi connectivity index (χ3n) is 4.69. The molecular formula is C23H30IN5O2. The molecule has 3 rings (SSSR count). The van der Waals surface area contributed by atoms with Gasteiger partial charge in [0.05, 0.1) is 27.3 Å². The maximum absolute atomic E-state index is 5.51. The summed E-state index contributed by atoms with van der Waals surface area (Å²) in [6, 6.07) is 16.1. The lowest BCUT2D eigenvalue weighted by Crippen LogP contribution is -2.37. The fourth-order valence-electron chi connectivity index (χ4n) is 3.22. The minimum atomic E-state index is 0. The van der Waals surface area contributed by atoms with Crippen molar-refractivity contribution >= 4 is 29.9 Å². The van der Waals surface area contributed by atoms with E-state index in [0.29, 0.717) is 24.6 Å². The fourth-order valence-corrected chi connectivity index (χ4v) is 3.22. The van der Waals surface area contributed by atoms with E-state index in [4.69, 9.17) is 14.5 Å². The summed E-state index contributed by atoms with van der Waals surface area (Å²) in [7, 11) is 3.28. The number of halogens is 1. The summed E-state index contributed by atoms with van der Waals surface area (Å²) in [5.74, 6) is 2.16. The van der Waals surface area contributed by atoms with Crippen LogP contribution >= 0.6 is 24.0 Å². The lowest BCUT2D eigenvalue weighted by Gasteiger charge is -2.15. The number of rotatable bonds is 9. The molecule has 0 aliphatic heterocycles. The highest BCUT2D eigenvalue weighted by Crippen LogP contribution is 2.31. The van der Waals surface area contributed by atoms with Gasteiger partial charge in [-0.3, -0.25) is 4.68 Å². The first-order valence-corrected chi connectivity index (χ1v) is 10.0. The standard InChI is InChI=1S/C23H29N5O2.HI/c1-4-24-23(26-16-19-11-7-12-21(29-2)22(19)30-3)25-15-18-9-5-6-10-20(18)17-28-14-8-13-27-28;/h5-14H,4,15-17H2,1-3H3,(H2,24,25,26);1H. The molecule has 0 aliphatic rings. The van der Waals surface area contributed by atoms with Crippen molar-refractivity contribution in [2.24, 2.45) is 4.99 Å². The number of hydrogen-bond donors (Lipinski definition) is 2. The molecule has 2 N–H and O–H groups in total. The van der Waals surface area contributed by atoms with Gasteiger partial charge in [0.25, 0.3) is 0 Å². The summed E-state index contributed by atoms with van der Waals surface area (Å²) in [5, 5.41) is 11.0. The molecular weight excluding hydrogens is 505 g/mol. The summed E-state index contributed by atoms with van der Waals surface area (Å²) in [5.41, 5.74) is 3.39. The Hall–Kier alpha value is -2.75. The van der Waals surface area contributed by atoms with Crippen molar-refractivity contribution in [3.63, 3.8) is 0 Å². The van der Waals surface area contributed by atoms with Crippen molar-refractivity contribution in [3.8, 4) is 11.5 Å². The van der Waals surface area contributed by atoms with Crippen molar-refractivity contribution in [1.29, 1.82) is 0 Å². The number of aromatic nitrogens is 2. The molecule has 0 fully saturated rings. The molecule has 166 valence electrons. The second-order valence-corrected chi connectivity index (χ2v) is 6.67. The first-order chi connectivity index (χ1) is 14.7. The number of ether oxygens (including phenoxy) is 2. The molecule has 0 spiro atoms. The van der Waals surface area contributed by atoms with Gasteiger partial charge in [-0.1, -0.05) is 36.4 Å². The summed E-state index contributed by atoms with van der Waals surface area (Å²) in [4.78, 5) is 4.73. The zero-order chi connectivity index (χ0) is 21.2. The molecule has 0 unspecified atom stereocenters. The average molecular weight is 535 g/mol. The van der Waals surface area contributed by atoms with Crippen LogP contribution in [0.1, 0.15) is 23.6 Å². The highest BCUT2D eigenvalue weighted by molar-refractivity contribution is 14.0. The molecule has 8 heteroatoms. The largest absolute Gasteiger partial charge is 0.493 e. The van der Waals surface area contributed by atoms with E-state index < -0.39 is 0 Å². The van der Waals surface area contributed by atoms with Gasteiger partial charge in [0, 0.05) is 31.0 Å². The molecule has 0 bridgehead atoms. The molecule has 0 aliphatic carbocycles. The molecule has 2 aromatic carbocycles. The number of guanidine groups is 1. The molecule has 1 aromatic heterocycles. The quantitative estimate of drug-likeness (QED) is 0.248. The van der Waals surface area contributed by atoms with E-state index in [2.05, 4.69) is 46.9 Å². The SMILES string of the molecule is CCNC(=NCc1cccc(OC)c1OC)NCc1ccccc1Cn1cccn1.I. The Morgan fingerprint density at radius 3 is 2.42 bits per heavy atom. The van der Waals surface area contributed by atoms with E-state index >= 15 is 0 Å². The van der Waals surface area contributed by atoms with E-state index in [-0.39, 0.29) is 24.0 Å². The Bertz CT molecular complexity index is 960. The zero-order valence-corrected chi connectivity index (χ0v) is 20.5. The Morgan fingerprint density at radius 2 is 1.74 bits per heavy atom. The molecule has 31 heavy (non-hydrogen) atoms. The second kappa shape index (κ2) is 12.8. The Kier molecular flexibility index (Phi) is 10.2. The van der Waals surface area contributed by atoms with Gasteiger partial charge in [-0.2, -0.15) is 5.10 Å². The number of nitrogens with zero attached hydrogens (tertiary/aromatic N) is 3. The van der Waals surface area contributed by atoms with Crippen LogP contribution in [0, 0.1) is 0 Å². The topological polar surface area (TPSA) is 72.7 Å². The first-order valence-electron chi connectivity index (χ1n) is 10.0. The van der Waals surface area contributed by atoms with Gasteiger partial charge in [-0.05, 0) is 30.2 Å². The fraction of sp³-hybridized carbons (Fsp3) is 0.304. The number of hydrogen-bond acceptors (Lipinski definition) is 4. The van der Waals surface area contributed by atoms with Crippen LogP contribution in [0.25, 0.3) is 0 Å². The van der Waals surface area contributed by atoms with Crippen LogP contribution in [0.3, 0.4) is 0 Å². The molecule has 0 saturated heterocycles. The Morgan fingerprint density at radius 1 is 0.968 bits per heavy atom. The zero-order valence-electron chi connectivity index (χ0n) is 18.2. The minimum Gasteiger partial charge on any atom is -0.493 e. The normalized spacial score (nSPS) is 10.9. The highest BCUT2D eigenvalue weighted by Gasteiger charge is 2.10. The smallest absolute Gasteiger partial charge is 0.191 e. The van der Waals surface area contributed by atoms with E-state index in [0.717, 1.165) is 24.6 Å². The number of para-hydroxylation sites is 1. The maximum atomic E-state index is 5.51. The predicted octanol–water partition coefficient (Wildman–Crippen LogP) is 3.82. The van der Waals surface area contributed by atoms with Gasteiger partial charge >= 0.3 is 0 Å². The van der Waals surface area contributed by atoms with Crippen molar-refractivity contribution in [2.45, 2.75) is 26.6 Å². The second-order valence-electron chi connectivity index (χ2n) is 6.67. The Labute approximate surface area is 200 Å². The van der Waals surface area contributed by atoms with Crippen LogP contribution in [0.2, 0.25) is 0 Å².